The van der Waals surface area contributed by atoms with Gasteiger partial charge in [-0.2, -0.15) is 5.10 Å². The van der Waals surface area contributed by atoms with Gasteiger partial charge in [0.2, 0.25) is 0 Å². The largest absolute Gasteiger partial charge is 0.487 e. The van der Waals surface area contributed by atoms with Gasteiger partial charge in [0.1, 0.15) is 24.0 Å². The van der Waals surface area contributed by atoms with Gasteiger partial charge >= 0.3 is 5.57 Å². The lowest BCUT2D eigenvalue weighted by Crippen LogP contribution is -2.21. The molecule has 5 aromatic heterocycles. The maximum absolute atomic E-state index is 13.9. The van der Waals surface area contributed by atoms with Crippen molar-refractivity contribution in [1.82, 2.24) is 39.3 Å². The summed E-state index contributed by atoms with van der Waals surface area (Å²) in [5.74, 6) is -0.0229. The number of pyridine rings is 2. The summed E-state index contributed by atoms with van der Waals surface area (Å²) in [4.78, 5) is 36.3. The van der Waals surface area contributed by atoms with Crippen molar-refractivity contribution in [3.63, 3.8) is 0 Å². The summed E-state index contributed by atoms with van der Waals surface area (Å²) in [6.45, 7) is 2.86. The highest BCUT2D eigenvalue weighted by molar-refractivity contribution is 6.20. The third kappa shape index (κ3) is 6.13. The monoisotopic (exact) mass is 735 g/mol. The normalized spacial score (nSPS) is 14.8. The van der Waals surface area contributed by atoms with Crippen molar-refractivity contribution < 1.29 is 27.4 Å². The Balaban J connectivity index is 1.09. The van der Waals surface area contributed by atoms with Crippen LogP contribution in [0.15, 0.2) is 85.6 Å². The highest BCUT2D eigenvalue weighted by atomic mass is 35.5. The lowest BCUT2D eigenvalue weighted by Gasteiger charge is -2.23. The molecule has 0 saturated carbocycles. The van der Waals surface area contributed by atoms with E-state index in [1.165, 1.54) is 36.5 Å². The van der Waals surface area contributed by atoms with E-state index in [4.69, 9.17) is 31.4 Å². The van der Waals surface area contributed by atoms with Crippen molar-refractivity contribution in [2.24, 2.45) is 0 Å². The van der Waals surface area contributed by atoms with Crippen LogP contribution >= 0.6 is 11.6 Å². The fourth-order valence-electron chi connectivity index (χ4n) is 6.75. The summed E-state index contributed by atoms with van der Waals surface area (Å²) in [7, 11) is 0. The number of hydrogen-bond acceptors (Lipinski definition) is 9. The molecule has 0 saturated heterocycles. The van der Waals surface area contributed by atoms with Crippen molar-refractivity contribution >= 4 is 34.2 Å². The van der Waals surface area contributed by atoms with Crippen LogP contribution in [0.25, 0.3) is 50.6 Å². The van der Waals surface area contributed by atoms with Crippen molar-refractivity contribution in [3.05, 3.63) is 114 Å². The van der Waals surface area contributed by atoms with Crippen LogP contribution in [0.4, 0.5) is 18.9 Å². The summed E-state index contributed by atoms with van der Waals surface area (Å²) in [6, 6.07) is 14.0. The number of anilines is 1. The number of nitrogens with one attached hydrogen (secondary N) is 1. The molecule has 16 heteroatoms. The number of nitrogens with zero attached hydrogens (tertiary/aromatic N) is 8. The number of carbonyl (C=O) groups excluding carboxylic acids is 1. The number of imidazole rings is 1. The number of ether oxygens (including phenoxy) is 2. The predicted octanol–water partition coefficient (Wildman–Crippen LogP) is 7.36. The van der Waals surface area contributed by atoms with E-state index in [1.54, 1.807) is 35.3 Å². The molecule has 0 radical (unpaired) electrons. The molecule has 1 atom stereocenters. The zero-order valence-electron chi connectivity index (χ0n) is 27.6. The van der Waals surface area contributed by atoms with Gasteiger partial charge in [0.15, 0.2) is 0 Å². The zero-order chi connectivity index (χ0) is 36.4. The van der Waals surface area contributed by atoms with Gasteiger partial charge in [0, 0.05) is 81.9 Å². The third-order valence-corrected chi connectivity index (χ3v) is 9.11. The molecule has 9 rings (SSSR count). The maximum Gasteiger partial charge on any atom is 0.487 e. The molecule has 12 nitrogen and oxygen atoms in total. The van der Waals surface area contributed by atoms with E-state index in [-0.39, 0.29) is 11.8 Å². The van der Waals surface area contributed by atoms with E-state index in [0.29, 0.717) is 53.6 Å². The van der Waals surface area contributed by atoms with Gasteiger partial charge in [-0.1, -0.05) is 0 Å². The topological polar surface area (TPSA) is 135 Å². The van der Waals surface area contributed by atoms with Gasteiger partial charge in [-0.15, -0.1) is 8.78 Å². The van der Waals surface area contributed by atoms with Crippen LogP contribution in [0.5, 0.6) is 5.75 Å². The molecule has 1 amide bonds. The van der Waals surface area contributed by atoms with Gasteiger partial charge in [0.05, 0.1) is 47.0 Å². The second kappa shape index (κ2) is 12.5. The maximum atomic E-state index is 13.9. The van der Waals surface area contributed by atoms with Gasteiger partial charge in [-0.05, 0) is 61.5 Å². The highest BCUT2D eigenvalue weighted by Crippen LogP contribution is 2.40. The summed E-state index contributed by atoms with van der Waals surface area (Å²) in [5, 5.41) is 7.66. The number of benzene rings is 2. The Morgan fingerprint density at radius 3 is 2.68 bits per heavy atom. The number of carbonyl (C=O) groups is 1. The molecule has 2 aliphatic rings. The molecule has 1 N–H and O–H groups in total. The van der Waals surface area contributed by atoms with Gasteiger partial charge in [-0.3, -0.25) is 14.8 Å². The van der Waals surface area contributed by atoms with E-state index in [1.807, 2.05) is 19.2 Å². The van der Waals surface area contributed by atoms with Crippen LogP contribution in [-0.4, -0.2) is 57.3 Å². The van der Waals surface area contributed by atoms with Crippen molar-refractivity contribution in [2.45, 2.75) is 31.6 Å². The Morgan fingerprint density at radius 2 is 1.87 bits per heavy atom. The number of rotatable bonds is 7. The average molecular weight is 736 g/mol. The Bertz CT molecular complexity index is 2590. The van der Waals surface area contributed by atoms with Crippen LogP contribution < -0.4 is 10.1 Å². The molecule has 0 fully saturated rings. The Labute approximate surface area is 303 Å². The minimum Gasteiger partial charge on any atom is -0.420 e. The lowest BCUT2D eigenvalue weighted by molar-refractivity contribution is -0.0964. The molecule has 1 aliphatic carbocycles. The molecule has 0 spiro atoms. The number of aromatic nitrogens is 8. The van der Waals surface area contributed by atoms with Crippen molar-refractivity contribution in [1.29, 1.82) is 0 Å². The fourth-order valence-corrected chi connectivity index (χ4v) is 6.84. The molecule has 2 aromatic carbocycles. The number of amides is 1. The second-order valence-corrected chi connectivity index (χ2v) is 13.1. The predicted molar refractivity (Wildman–Crippen MR) is 187 cm³/mol. The van der Waals surface area contributed by atoms with E-state index >= 15 is 0 Å². The molecule has 1 aliphatic heterocycles. The summed E-state index contributed by atoms with van der Waals surface area (Å²) in [6.07, 6.45) is 8.43. The molecular weight excluding hydrogens is 711 g/mol. The molecule has 7 aromatic rings. The summed E-state index contributed by atoms with van der Waals surface area (Å²) >= 11 is 4.88. The van der Waals surface area contributed by atoms with Crippen molar-refractivity contribution in [3.8, 4) is 45.3 Å². The third-order valence-electron chi connectivity index (χ3n) is 9.03. The Hall–Kier alpha value is -6.19. The van der Waals surface area contributed by atoms with E-state index in [9.17, 15) is 18.0 Å². The van der Waals surface area contributed by atoms with Crippen molar-refractivity contribution in [2.75, 3.05) is 11.9 Å². The zero-order valence-corrected chi connectivity index (χ0v) is 28.4. The van der Waals surface area contributed by atoms with Gasteiger partial charge in [0.25, 0.3) is 11.9 Å². The number of halogens is 4. The minimum atomic E-state index is -3.86. The first-order valence-corrected chi connectivity index (χ1v) is 16.8. The minimum absolute atomic E-state index is 0.0214. The van der Waals surface area contributed by atoms with E-state index in [0.717, 1.165) is 51.2 Å². The van der Waals surface area contributed by atoms with Gasteiger partial charge < -0.3 is 19.4 Å². The van der Waals surface area contributed by atoms with E-state index in [2.05, 4.69) is 29.6 Å². The smallest absolute Gasteiger partial charge is 0.420 e. The van der Waals surface area contributed by atoms with Gasteiger partial charge in [-0.25, -0.2) is 24.0 Å². The summed E-state index contributed by atoms with van der Waals surface area (Å²) < 4.78 is 53.9. The standard InChI is InChI=1S/C37H25ClF3N9O3/c1-19-17-52-18-32-46-31-11-20(35(51)45-25-2-4-26(5-3-25)53-37(38,40)41)9-27(34(31)50(19)32)21-10-28-30(44-14-21)12-23-16-49(48-33(23)28)36-43-7-6-29(47-36)22-8-24(39)15-42-13-22/h2-11,13-16,19H,12,17-18H2,1H3,(H,45,51)/t19-/m1/s1. The first-order valence-electron chi connectivity index (χ1n) is 16.4. The lowest BCUT2D eigenvalue weighted by atomic mass is 9.99. The molecule has 0 bridgehead atoms. The Kier molecular flexibility index (Phi) is 7.71. The van der Waals surface area contributed by atoms with Crippen LogP contribution in [0.2, 0.25) is 0 Å². The molecule has 6 heterocycles. The Morgan fingerprint density at radius 1 is 1.02 bits per heavy atom. The molecule has 0 unspecified atom stereocenters. The summed E-state index contributed by atoms with van der Waals surface area (Å²) in [5.41, 5.74) is 4.07. The SMILES string of the molecule is C[C@@H]1COCc2nc3cc(C(=O)Nc4ccc(OC(F)(F)Cl)cc4)cc(-c4cnc5c(c4)-c4nn(-c6nccc(-c7cncc(F)c7)n6)cc4C5)c3n21. The van der Waals surface area contributed by atoms with Crippen LogP contribution in [0.3, 0.4) is 0 Å². The molecular formula is C37H25ClF3N9O3. The average Bonchev–Trinajstić information content (AvgIpc) is 3.83. The van der Waals surface area contributed by atoms with E-state index < -0.39 is 17.3 Å². The fraction of sp³-hybridized carbons (Fsp3) is 0.162. The number of alkyl halides is 3. The second-order valence-electron chi connectivity index (χ2n) is 12.7. The first kappa shape index (κ1) is 32.7. The molecule has 264 valence electrons. The molecule has 53 heavy (non-hydrogen) atoms. The first-order chi connectivity index (χ1) is 25.6. The number of fused-ring (bicyclic) bond motifs is 6. The quantitative estimate of drug-likeness (QED) is 0.167. The van der Waals surface area contributed by atoms with Crippen LogP contribution in [-0.2, 0) is 17.8 Å². The van der Waals surface area contributed by atoms with Crippen LogP contribution in [0, 0.1) is 5.82 Å². The van der Waals surface area contributed by atoms with Crippen LogP contribution in [0.1, 0.15) is 40.4 Å². The number of hydrogen-bond donors (Lipinski definition) is 1. The highest BCUT2D eigenvalue weighted by Gasteiger charge is 2.29.